The number of aromatic nitrogens is 3. The fourth-order valence-electron chi connectivity index (χ4n) is 1.41. The second-order valence-electron chi connectivity index (χ2n) is 3.76. The van der Waals surface area contributed by atoms with E-state index in [2.05, 4.69) is 20.3 Å². The normalized spacial score (nSPS) is 10.1. The van der Waals surface area contributed by atoms with Gasteiger partial charge < -0.3 is 15.2 Å². The fourth-order valence-corrected chi connectivity index (χ4v) is 1.57. The first-order valence-electron chi connectivity index (χ1n) is 5.59. The van der Waals surface area contributed by atoms with Crippen LogP contribution >= 0.6 is 11.6 Å². The lowest BCUT2D eigenvalue weighted by molar-refractivity contribution is 0.0690. The third kappa shape index (κ3) is 3.33. The lowest BCUT2D eigenvalue weighted by Crippen LogP contribution is -2.05. The first-order valence-corrected chi connectivity index (χ1v) is 5.96. The maximum absolute atomic E-state index is 10.7. The van der Waals surface area contributed by atoms with E-state index in [0.717, 1.165) is 5.56 Å². The molecule has 2 N–H and O–H groups in total. The number of ether oxygens (including phenoxy) is 1. The van der Waals surface area contributed by atoms with Gasteiger partial charge >= 0.3 is 12.0 Å². The first kappa shape index (κ1) is 14.0. The number of hydrogen-bond donors (Lipinski definition) is 2. The van der Waals surface area contributed by atoms with Gasteiger partial charge in [0.25, 0.3) is 0 Å². The van der Waals surface area contributed by atoms with Gasteiger partial charge in [0.1, 0.15) is 10.7 Å². The lowest BCUT2D eigenvalue weighted by atomic mass is 10.2. The van der Waals surface area contributed by atoms with Crippen LogP contribution in [0.4, 0.5) is 5.82 Å². The molecule has 0 atom stereocenters. The highest BCUT2D eigenvalue weighted by molar-refractivity contribution is 6.32. The van der Waals surface area contributed by atoms with Crippen molar-refractivity contribution in [2.45, 2.75) is 6.54 Å². The van der Waals surface area contributed by atoms with Gasteiger partial charge in [-0.25, -0.2) is 14.8 Å². The lowest BCUT2D eigenvalue weighted by Gasteiger charge is -2.08. The van der Waals surface area contributed by atoms with E-state index in [1.807, 2.05) is 0 Å². The Bertz CT molecular complexity index is 619. The predicted octanol–water partition coefficient (Wildman–Crippen LogP) is 1.84. The molecule has 20 heavy (non-hydrogen) atoms. The number of nitrogens with zero attached hydrogens (tertiary/aromatic N) is 3. The second kappa shape index (κ2) is 6.16. The Hall–Kier alpha value is -2.41. The maximum atomic E-state index is 10.7. The Kier molecular flexibility index (Phi) is 4.31. The van der Waals surface area contributed by atoms with Crippen LogP contribution in [-0.2, 0) is 6.54 Å². The highest BCUT2D eigenvalue weighted by Gasteiger charge is 2.07. The smallest absolute Gasteiger partial charge is 0.354 e. The van der Waals surface area contributed by atoms with E-state index in [-0.39, 0.29) is 11.7 Å². The van der Waals surface area contributed by atoms with Gasteiger partial charge in [0, 0.05) is 12.7 Å². The van der Waals surface area contributed by atoms with Crippen molar-refractivity contribution in [1.82, 2.24) is 15.0 Å². The molecule has 0 bridgehead atoms. The molecule has 0 spiro atoms. The van der Waals surface area contributed by atoms with Crippen LogP contribution in [0.2, 0.25) is 5.02 Å². The number of methoxy groups -OCH3 is 1. The molecule has 0 saturated carbocycles. The standard InChI is InChI=1S/C12H11ClN4O3/c1-20-12-16-6-8(13)10(17-12)15-5-7-2-3-9(11(18)19)14-4-7/h2-4,6H,5H2,1H3,(H,18,19)(H,15,16,17). The van der Waals surface area contributed by atoms with E-state index in [1.165, 1.54) is 25.6 Å². The number of rotatable bonds is 5. The van der Waals surface area contributed by atoms with E-state index >= 15 is 0 Å². The summed E-state index contributed by atoms with van der Waals surface area (Å²) in [6.07, 6.45) is 2.91. The van der Waals surface area contributed by atoms with Gasteiger partial charge in [0.05, 0.1) is 13.3 Å². The minimum absolute atomic E-state index is 0.00418. The first-order chi connectivity index (χ1) is 9.60. The molecule has 0 aliphatic heterocycles. The van der Waals surface area contributed by atoms with Gasteiger partial charge in [0.15, 0.2) is 5.82 Å². The van der Waals surface area contributed by atoms with Crippen LogP contribution in [-0.4, -0.2) is 33.1 Å². The molecule has 2 aromatic rings. The third-order valence-corrected chi connectivity index (χ3v) is 2.68. The van der Waals surface area contributed by atoms with E-state index in [9.17, 15) is 4.79 Å². The topological polar surface area (TPSA) is 97.2 Å². The minimum atomic E-state index is -1.06. The number of carboxylic acids is 1. The number of nitrogens with one attached hydrogen (secondary N) is 1. The van der Waals surface area contributed by atoms with Gasteiger partial charge in [-0.1, -0.05) is 17.7 Å². The van der Waals surface area contributed by atoms with Crippen LogP contribution in [0.3, 0.4) is 0 Å². The van der Waals surface area contributed by atoms with Crippen LogP contribution in [0.5, 0.6) is 6.01 Å². The Morgan fingerprint density at radius 2 is 2.20 bits per heavy atom. The molecule has 2 heterocycles. The van der Waals surface area contributed by atoms with Crippen molar-refractivity contribution in [3.8, 4) is 6.01 Å². The molecule has 0 amide bonds. The Morgan fingerprint density at radius 3 is 2.80 bits per heavy atom. The molecule has 7 nitrogen and oxygen atoms in total. The molecule has 0 unspecified atom stereocenters. The average Bonchev–Trinajstić information content (AvgIpc) is 2.47. The number of carboxylic acid groups (broad SMARTS) is 1. The quantitative estimate of drug-likeness (QED) is 0.868. The zero-order chi connectivity index (χ0) is 14.5. The number of carbonyl (C=O) groups is 1. The maximum Gasteiger partial charge on any atom is 0.354 e. The molecule has 0 radical (unpaired) electrons. The van der Waals surface area contributed by atoms with Crippen molar-refractivity contribution in [2.24, 2.45) is 0 Å². The number of halogens is 1. The summed E-state index contributed by atoms with van der Waals surface area (Å²) in [6.45, 7) is 0.396. The van der Waals surface area contributed by atoms with Crippen LogP contribution in [0.15, 0.2) is 24.5 Å². The van der Waals surface area contributed by atoms with Crippen LogP contribution < -0.4 is 10.1 Å². The van der Waals surface area contributed by atoms with Gasteiger partial charge in [-0.15, -0.1) is 0 Å². The summed E-state index contributed by atoms with van der Waals surface area (Å²) in [4.78, 5) is 22.4. The molecule has 0 fully saturated rings. The summed E-state index contributed by atoms with van der Waals surface area (Å²) < 4.78 is 4.91. The third-order valence-electron chi connectivity index (χ3n) is 2.41. The molecule has 0 aliphatic rings. The highest BCUT2D eigenvalue weighted by Crippen LogP contribution is 2.20. The van der Waals surface area contributed by atoms with Crippen molar-refractivity contribution in [3.63, 3.8) is 0 Å². The molecule has 2 aromatic heterocycles. The van der Waals surface area contributed by atoms with Gasteiger partial charge in [-0.05, 0) is 11.6 Å². The number of aromatic carboxylic acids is 1. The predicted molar refractivity (Wildman–Crippen MR) is 72.1 cm³/mol. The van der Waals surface area contributed by atoms with E-state index in [0.29, 0.717) is 17.4 Å². The Morgan fingerprint density at radius 1 is 1.40 bits per heavy atom. The van der Waals surface area contributed by atoms with E-state index < -0.39 is 5.97 Å². The largest absolute Gasteiger partial charge is 0.477 e. The summed E-state index contributed by atoms with van der Waals surface area (Å²) in [7, 11) is 1.46. The molecule has 2 rings (SSSR count). The number of hydrogen-bond acceptors (Lipinski definition) is 6. The number of pyridine rings is 1. The molecule has 0 aromatic carbocycles. The van der Waals surface area contributed by atoms with Gasteiger partial charge in [-0.2, -0.15) is 4.98 Å². The van der Waals surface area contributed by atoms with Gasteiger partial charge in [0.2, 0.25) is 0 Å². The molecule has 0 aliphatic carbocycles. The van der Waals surface area contributed by atoms with Crippen molar-refractivity contribution in [1.29, 1.82) is 0 Å². The van der Waals surface area contributed by atoms with Crippen LogP contribution in [0.25, 0.3) is 0 Å². The second-order valence-corrected chi connectivity index (χ2v) is 4.17. The Labute approximate surface area is 119 Å². The summed E-state index contributed by atoms with van der Waals surface area (Å²) in [5.74, 6) is -0.631. The highest BCUT2D eigenvalue weighted by atomic mass is 35.5. The molecular formula is C12H11ClN4O3. The molecular weight excluding hydrogens is 284 g/mol. The van der Waals surface area contributed by atoms with E-state index in [1.54, 1.807) is 6.07 Å². The van der Waals surface area contributed by atoms with Crippen LogP contribution in [0, 0.1) is 0 Å². The SMILES string of the molecule is COc1ncc(Cl)c(NCc2ccc(C(=O)O)nc2)n1. The number of anilines is 1. The fraction of sp³-hybridized carbons (Fsp3) is 0.167. The molecule has 0 saturated heterocycles. The monoisotopic (exact) mass is 294 g/mol. The summed E-state index contributed by atoms with van der Waals surface area (Å²) >= 11 is 5.95. The Balaban J connectivity index is 2.06. The zero-order valence-electron chi connectivity index (χ0n) is 10.5. The van der Waals surface area contributed by atoms with E-state index in [4.69, 9.17) is 21.4 Å². The van der Waals surface area contributed by atoms with Crippen LogP contribution in [0.1, 0.15) is 16.1 Å². The van der Waals surface area contributed by atoms with Gasteiger partial charge in [-0.3, -0.25) is 0 Å². The summed E-state index contributed by atoms with van der Waals surface area (Å²) in [5, 5.41) is 12.1. The average molecular weight is 295 g/mol. The summed E-state index contributed by atoms with van der Waals surface area (Å²) in [6, 6.07) is 3.30. The molecule has 104 valence electrons. The van der Waals surface area contributed by atoms with Crippen molar-refractivity contribution < 1.29 is 14.6 Å². The minimum Gasteiger partial charge on any atom is -0.477 e. The molecule has 8 heteroatoms. The van der Waals surface area contributed by atoms with Crippen molar-refractivity contribution in [3.05, 3.63) is 40.8 Å². The van der Waals surface area contributed by atoms with Crippen molar-refractivity contribution in [2.75, 3.05) is 12.4 Å². The van der Waals surface area contributed by atoms with Crippen molar-refractivity contribution >= 4 is 23.4 Å². The zero-order valence-corrected chi connectivity index (χ0v) is 11.3. The summed E-state index contributed by atoms with van der Waals surface area (Å²) in [5.41, 5.74) is 0.791.